The van der Waals surface area contributed by atoms with Gasteiger partial charge >= 0.3 is 17.0 Å². The van der Waals surface area contributed by atoms with Crippen molar-refractivity contribution < 1.29 is 24.6 Å². The van der Waals surface area contributed by atoms with Gasteiger partial charge < -0.3 is 5.11 Å². The third-order valence-corrected chi connectivity index (χ3v) is 0.527. The van der Waals surface area contributed by atoms with Gasteiger partial charge in [-0.2, -0.15) is 0 Å². The molecule has 0 aromatic carbocycles. The van der Waals surface area contributed by atoms with Crippen LogP contribution in [0.5, 0.6) is 0 Å². The van der Waals surface area contributed by atoms with Gasteiger partial charge in [-0.15, -0.1) is 10.1 Å². The van der Waals surface area contributed by atoms with E-state index in [4.69, 9.17) is 5.11 Å². The number of carbonyl (C=O) groups is 2. The fourth-order valence-corrected chi connectivity index (χ4v) is 0.243. The first-order valence-corrected chi connectivity index (χ1v) is 2.29. The predicted octanol–water partition coefficient (Wildman–Crippen LogP) is -0.638. The third kappa shape index (κ3) is 5.96. The molecule has 0 aliphatic heterocycles. The van der Waals surface area contributed by atoms with Crippen molar-refractivity contribution in [2.75, 3.05) is 0 Å². The van der Waals surface area contributed by atoms with E-state index >= 15 is 0 Å². The monoisotopic (exact) mass is 161 g/mol. The first-order valence-electron chi connectivity index (χ1n) is 2.29. The molecule has 0 aromatic heterocycles. The number of hydrogen-bond acceptors (Lipinski definition) is 5. The summed E-state index contributed by atoms with van der Waals surface area (Å²) in [5.41, 5.74) is 0. The highest BCUT2D eigenvalue weighted by Gasteiger charge is 2.02. The Balaban J connectivity index is 3.88. The fourth-order valence-electron chi connectivity index (χ4n) is 0.243. The van der Waals surface area contributed by atoms with Crippen molar-refractivity contribution in [3.63, 3.8) is 0 Å². The molecule has 0 aliphatic rings. The van der Waals surface area contributed by atoms with Gasteiger partial charge in [0.15, 0.2) is 0 Å². The zero-order valence-corrected chi connectivity index (χ0v) is 5.09. The average Bonchev–Trinajstić information content (AvgIpc) is 1.82. The van der Waals surface area contributed by atoms with E-state index in [-0.39, 0.29) is 0 Å². The Labute approximate surface area is 60.0 Å². The lowest BCUT2D eigenvalue weighted by atomic mass is 10.5. The molecule has 0 radical (unpaired) electrons. The van der Waals surface area contributed by atoms with Crippen LogP contribution in [-0.4, -0.2) is 22.1 Å². The van der Waals surface area contributed by atoms with E-state index in [0.717, 1.165) is 0 Å². The summed E-state index contributed by atoms with van der Waals surface area (Å²) in [5, 5.41) is 16.0. The Bertz CT molecular complexity index is 219. The van der Waals surface area contributed by atoms with Gasteiger partial charge in [0.05, 0.1) is 0 Å². The van der Waals surface area contributed by atoms with Crippen molar-refractivity contribution in [1.29, 1.82) is 0 Å². The van der Waals surface area contributed by atoms with Crippen molar-refractivity contribution in [2.24, 2.45) is 0 Å². The van der Waals surface area contributed by atoms with Gasteiger partial charge in [0.2, 0.25) is 0 Å². The largest absolute Gasteiger partial charge is 0.478 e. The first kappa shape index (κ1) is 9.08. The number of rotatable bonds is 3. The lowest BCUT2D eigenvalue weighted by molar-refractivity contribution is -0.728. The molecule has 11 heavy (non-hydrogen) atoms. The molecule has 0 saturated carbocycles. The maximum Gasteiger partial charge on any atom is 0.328 e. The van der Waals surface area contributed by atoms with Crippen LogP contribution in [0.1, 0.15) is 0 Å². The van der Waals surface area contributed by atoms with Gasteiger partial charge in [-0.3, -0.25) is 4.79 Å². The lowest BCUT2D eigenvalue weighted by Crippen LogP contribution is -2.07. The smallest absolute Gasteiger partial charge is 0.328 e. The summed E-state index contributed by atoms with van der Waals surface area (Å²) >= 11 is 0. The maximum absolute atomic E-state index is 10.1. The van der Waals surface area contributed by atoms with Crippen LogP contribution in [0.2, 0.25) is 0 Å². The van der Waals surface area contributed by atoms with Gasteiger partial charge in [-0.25, -0.2) is 9.63 Å². The van der Waals surface area contributed by atoms with E-state index in [1.807, 2.05) is 0 Å². The number of nitrogens with zero attached hydrogens (tertiary/aromatic N) is 1. The number of carboxylic acids is 1. The Kier molecular flexibility index (Phi) is 3.29. The van der Waals surface area contributed by atoms with Crippen LogP contribution in [0.15, 0.2) is 12.2 Å². The maximum atomic E-state index is 10.1. The molecule has 60 valence electrons. The van der Waals surface area contributed by atoms with Crippen molar-refractivity contribution in [1.82, 2.24) is 0 Å². The van der Waals surface area contributed by atoms with Crippen molar-refractivity contribution >= 4 is 11.9 Å². The molecule has 0 rings (SSSR count). The summed E-state index contributed by atoms with van der Waals surface area (Å²) in [6.07, 6.45) is 0.872. The van der Waals surface area contributed by atoms with Crippen LogP contribution >= 0.6 is 0 Å². The molecule has 0 fully saturated rings. The van der Waals surface area contributed by atoms with E-state index < -0.39 is 17.0 Å². The summed E-state index contributed by atoms with van der Waals surface area (Å²) < 4.78 is 0. The molecule has 1 N–H and O–H groups in total. The van der Waals surface area contributed by atoms with Crippen molar-refractivity contribution in [2.45, 2.75) is 0 Å². The van der Waals surface area contributed by atoms with Gasteiger partial charge in [-0.05, 0) is 0 Å². The summed E-state index contributed by atoms with van der Waals surface area (Å²) in [7, 11) is 0. The average molecular weight is 161 g/mol. The molecule has 7 heteroatoms. The molecule has 0 unspecified atom stereocenters. The Morgan fingerprint density at radius 2 is 2.00 bits per heavy atom. The molecule has 0 amide bonds. The normalized spacial score (nSPS) is 9.45. The molecule has 0 heterocycles. The second kappa shape index (κ2) is 3.99. The minimum atomic E-state index is -1.38. The van der Waals surface area contributed by atoms with Crippen LogP contribution in [0, 0.1) is 10.1 Å². The van der Waals surface area contributed by atoms with E-state index in [0.29, 0.717) is 12.2 Å². The van der Waals surface area contributed by atoms with Crippen LogP contribution in [0.3, 0.4) is 0 Å². The van der Waals surface area contributed by atoms with Crippen LogP contribution in [0.25, 0.3) is 0 Å². The summed E-state index contributed by atoms with van der Waals surface area (Å²) in [6, 6.07) is 0. The topological polar surface area (TPSA) is 107 Å². The molecular formula is C4H3NO6. The molecule has 0 aromatic rings. The van der Waals surface area contributed by atoms with E-state index in [2.05, 4.69) is 4.84 Å². The number of carbonyl (C=O) groups excluding carboxylic acids is 1. The fraction of sp³-hybridized carbons (Fsp3) is 0. The standard InChI is InChI=1S/C4H3NO6/c6-3(7)1-2-4(8)11-5(9)10/h1-2H,(H,6,7)/b2-1+. The van der Waals surface area contributed by atoms with Gasteiger partial charge in [0, 0.05) is 12.2 Å². The highest BCUT2D eigenvalue weighted by Crippen LogP contribution is 1.81. The van der Waals surface area contributed by atoms with Crippen LogP contribution in [-0.2, 0) is 14.4 Å². The Morgan fingerprint density at radius 3 is 2.36 bits per heavy atom. The lowest BCUT2D eigenvalue weighted by Gasteiger charge is -1.86. The van der Waals surface area contributed by atoms with E-state index in [1.165, 1.54) is 0 Å². The minimum Gasteiger partial charge on any atom is -0.478 e. The van der Waals surface area contributed by atoms with Gasteiger partial charge in [0.1, 0.15) is 0 Å². The Morgan fingerprint density at radius 1 is 1.45 bits per heavy atom. The predicted molar refractivity (Wildman–Crippen MR) is 29.9 cm³/mol. The summed E-state index contributed by atoms with van der Waals surface area (Å²) in [5.74, 6) is -2.72. The summed E-state index contributed by atoms with van der Waals surface area (Å²) in [4.78, 5) is 32.6. The molecule has 0 saturated heterocycles. The van der Waals surface area contributed by atoms with Gasteiger partial charge in [0.25, 0.3) is 0 Å². The van der Waals surface area contributed by atoms with Gasteiger partial charge in [-0.1, -0.05) is 0 Å². The quantitative estimate of drug-likeness (QED) is 0.335. The van der Waals surface area contributed by atoms with Crippen molar-refractivity contribution in [3.05, 3.63) is 22.3 Å². The molecular weight excluding hydrogens is 158 g/mol. The zero-order valence-electron chi connectivity index (χ0n) is 5.09. The van der Waals surface area contributed by atoms with E-state index in [1.54, 1.807) is 0 Å². The number of hydrogen-bond donors (Lipinski definition) is 1. The van der Waals surface area contributed by atoms with Crippen molar-refractivity contribution in [3.8, 4) is 0 Å². The molecule has 0 spiro atoms. The van der Waals surface area contributed by atoms with E-state index in [9.17, 15) is 19.7 Å². The first-order chi connectivity index (χ1) is 5.02. The molecule has 7 nitrogen and oxygen atoms in total. The van der Waals surface area contributed by atoms with Crippen LogP contribution < -0.4 is 0 Å². The zero-order chi connectivity index (χ0) is 8.85. The SMILES string of the molecule is O=C(O)/C=C/C(=O)O[N+](=O)[O-]. The highest BCUT2D eigenvalue weighted by atomic mass is 17.0. The Hall–Kier alpha value is -1.92. The molecule has 0 atom stereocenters. The molecule has 0 bridgehead atoms. The number of aliphatic carboxylic acids is 1. The van der Waals surface area contributed by atoms with Crippen LogP contribution in [0.4, 0.5) is 0 Å². The summed E-state index contributed by atoms with van der Waals surface area (Å²) in [6.45, 7) is 0. The number of carboxylic acid groups (broad SMARTS) is 1. The highest BCUT2D eigenvalue weighted by molar-refractivity contribution is 5.90. The minimum absolute atomic E-state index is 0.436. The third-order valence-electron chi connectivity index (χ3n) is 0.527. The second-order valence-corrected chi connectivity index (χ2v) is 1.31. The second-order valence-electron chi connectivity index (χ2n) is 1.31. The molecule has 0 aliphatic carbocycles.